The van der Waals surface area contributed by atoms with Gasteiger partial charge in [-0.3, -0.25) is 9.69 Å². The van der Waals surface area contributed by atoms with Gasteiger partial charge in [0.25, 0.3) is 5.91 Å². The first kappa shape index (κ1) is 16.8. The molecule has 0 bridgehead atoms. The van der Waals surface area contributed by atoms with Gasteiger partial charge >= 0.3 is 0 Å². The SMILES string of the molecule is Cc1cccc(OC(C)C(=O)NCCCN2CCOCC2)c1. The lowest BCUT2D eigenvalue weighted by atomic mass is 10.2. The summed E-state index contributed by atoms with van der Waals surface area (Å²) in [4.78, 5) is 14.4. The number of rotatable bonds is 7. The minimum Gasteiger partial charge on any atom is -0.481 e. The quantitative estimate of drug-likeness (QED) is 0.778. The predicted octanol–water partition coefficient (Wildman–Crippen LogP) is 1.60. The van der Waals surface area contributed by atoms with Crippen molar-refractivity contribution in [3.8, 4) is 5.75 Å². The monoisotopic (exact) mass is 306 g/mol. The highest BCUT2D eigenvalue weighted by Gasteiger charge is 2.14. The molecule has 0 aliphatic carbocycles. The van der Waals surface area contributed by atoms with Crippen LogP contribution in [0.1, 0.15) is 18.9 Å². The van der Waals surface area contributed by atoms with Gasteiger partial charge < -0.3 is 14.8 Å². The Morgan fingerprint density at radius 2 is 2.18 bits per heavy atom. The second kappa shape index (κ2) is 8.76. The van der Waals surface area contributed by atoms with Crippen molar-refractivity contribution in [2.45, 2.75) is 26.4 Å². The largest absolute Gasteiger partial charge is 0.481 e. The molecule has 0 spiro atoms. The number of carbonyl (C=O) groups excluding carboxylic acids is 1. The number of benzene rings is 1. The first-order chi connectivity index (χ1) is 10.6. The average Bonchev–Trinajstić information content (AvgIpc) is 2.52. The fourth-order valence-corrected chi connectivity index (χ4v) is 2.43. The molecule has 1 N–H and O–H groups in total. The Labute approximate surface area is 132 Å². The summed E-state index contributed by atoms with van der Waals surface area (Å²) in [6.45, 7) is 9.06. The molecule has 5 heteroatoms. The van der Waals surface area contributed by atoms with E-state index in [1.54, 1.807) is 6.92 Å². The summed E-state index contributed by atoms with van der Waals surface area (Å²) in [6, 6.07) is 7.73. The Bertz CT molecular complexity index is 473. The molecule has 1 aliphatic heterocycles. The van der Waals surface area contributed by atoms with Gasteiger partial charge in [0.15, 0.2) is 6.10 Å². The zero-order valence-electron chi connectivity index (χ0n) is 13.5. The molecular weight excluding hydrogens is 280 g/mol. The van der Waals surface area contributed by atoms with E-state index in [-0.39, 0.29) is 5.91 Å². The normalized spacial score (nSPS) is 17.0. The number of morpholine rings is 1. The lowest BCUT2D eigenvalue weighted by Gasteiger charge is -2.26. The number of amides is 1. The third kappa shape index (κ3) is 5.66. The number of nitrogens with one attached hydrogen (secondary N) is 1. The zero-order chi connectivity index (χ0) is 15.8. The van der Waals surface area contributed by atoms with Gasteiger partial charge in [0, 0.05) is 19.6 Å². The van der Waals surface area contributed by atoms with Crippen molar-refractivity contribution in [3.05, 3.63) is 29.8 Å². The second-order valence-corrected chi connectivity index (χ2v) is 5.68. The van der Waals surface area contributed by atoms with Crippen LogP contribution in [0.3, 0.4) is 0 Å². The molecule has 0 radical (unpaired) electrons. The second-order valence-electron chi connectivity index (χ2n) is 5.68. The summed E-state index contributed by atoms with van der Waals surface area (Å²) in [6.07, 6.45) is 0.466. The number of nitrogens with zero attached hydrogens (tertiary/aromatic N) is 1. The van der Waals surface area contributed by atoms with Crippen LogP contribution in [0.15, 0.2) is 24.3 Å². The Kier molecular flexibility index (Phi) is 6.68. The van der Waals surface area contributed by atoms with E-state index in [1.807, 2.05) is 31.2 Å². The van der Waals surface area contributed by atoms with Crippen LogP contribution in [0.25, 0.3) is 0 Å². The lowest BCUT2D eigenvalue weighted by Crippen LogP contribution is -2.40. The first-order valence-corrected chi connectivity index (χ1v) is 7.96. The first-order valence-electron chi connectivity index (χ1n) is 7.96. The highest BCUT2D eigenvalue weighted by molar-refractivity contribution is 5.80. The van der Waals surface area contributed by atoms with Gasteiger partial charge in [-0.25, -0.2) is 0 Å². The highest BCUT2D eigenvalue weighted by atomic mass is 16.5. The van der Waals surface area contributed by atoms with Crippen molar-refractivity contribution in [2.24, 2.45) is 0 Å². The number of ether oxygens (including phenoxy) is 2. The third-order valence-electron chi connectivity index (χ3n) is 3.73. The summed E-state index contributed by atoms with van der Waals surface area (Å²) in [5.74, 6) is 0.666. The third-order valence-corrected chi connectivity index (χ3v) is 3.73. The summed E-state index contributed by atoms with van der Waals surface area (Å²) in [5.41, 5.74) is 1.12. The van der Waals surface area contributed by atoms with Crippen LogP contribution in [0.4, 0.5) is 0 Å². The molecule has 1 aromatic rings. The van der Waals surface area contributed by atoms with Crippen LogP contribution < -0.4 is 10.1 Å². The molecule has 1 heterocycles. The van der Waals surface area contributed by atoms with Gasteiger partial charge in [0.2, 0.25) is 0 Å². The van der Waals surface area contributed by atoms with Crippen molar-refractivity contribution in [2.75, 3.05) is 39.4 Å². The van der Waals surface area contributed by atoms with E-state index >= 15 is 0 Å². The van der Waals surface area contributed by atoms with Crippen molar-refractivity contribution >= 4 is 5.91 Å². The van der Waals surface area contributed by atoms with Crippen LogP contribution in [0.2, 0.25) is 0 Å². The molecule has 1 aliphatic rings. The predicted molar refractivity (Wildman–Crippen MR) is 86.2 cm³/mol. The fourth-order valence-electron chi connectivity index (χ4n) is 2.43. The molecule has 0 saturated carbocycles. The highest BCUT2D eigenvalue weighted by Crippen LogP contribution is 2.14. The van der Waals surface area contributed by atoms with E-state index in [9.17, 15) is 4.79 Å². The van der Waals surface area contributed by atoms with Crippen molar-refractivity contribution in [1.29, 1.82) is 0 Å². The van der Waals surface area contributed by atoms with Gasteiger partial charge in [0.1, 0.15) is 5.75 Å². The minimum absolute atomic E-state index is 0.0662. The van der Waals surface area contributed by atoms with Crippen LogP contribution >= 0.6 is 0 Å². The van der Waals surface area contributed by atoms with E-state index in [2.05, 4.69) is 10.2 Å². The molecule has 1 fully saturated rings. The Morgan fingerprint density at radius 1 is 1.41 bits per heavy atom. The number of carbonyl (C=O) groups is 1. The summed E-state index contributed by atoms with van der Waals surface area (Å²) < 4.78 is 11.0. The Morgan fingerprint density at radius 3 is 2.91 bits per heavy atom. The van der Waals surface area contributed by atoms with Crippen molar-refractivity contribution in [1.82, 2.24) is 10.2 Å². The van der Waals surface area contributed by atoms with Crippen LogP contribution in [-0.4, -0.2) is 56.3 Å². The zero-order valence-corrected chi connectivity index (χ0v) is 13.5. The number of hydrogen-bond donors (Lipinski definition) is 1. The molecule has 22 heavy (non-hydrogen) atoms. The molecule has 1 unspecified atom stereocenters. The topological polar surface area (TPSA) is 50.8 Å². The number of aryl methyl sites for hydroxylation is 1. The number of hydrogen-bond acceptors (Lipinski definition) is 4. The van der Waals surface area contributed by atoms with Crippen LogP contribution in [0, 0.1) is 6.92 Å². The molecule has 1 aromatic carbocycles. The molecule has 122 valence electrons. The van der Waals surface area contributed by atoms with Gasteiger partial charge in [-0.1, -0.05) is 12.1 Å². The molecule has 2 rings (SSSR count). The van der Waals surface area contributed by atoms with Gasteiger partial charge in [0.05, 0.1) is 13.2 Å². The van der Waals surface area contributed by atoms with Crippen LogP contribution in [-0.2, 0) is 9.53 Å². The van der Waals surface area contributed by atoms with Gasteiger partial charge in [-0.05, 0) is 44.5 Å². The maximum atomic E-state index is 12.0. The minimum atomic E-state index is -0.481. The fraction of sp³-hybridized carbons (Fsp3) is 0.588. The lowest BCUT2D eigenvalue weighted by molar-refractivity contribution is -0.127. The molecule has 1 saturated heterocycles. The summed E-state index contributed by atoms with van der Waals surface area (Å²) >= 11 is 0. The van der Waals surface area contributed by atoms with E-state index in [0.717, 1.165) is 50.6 Å². The average molecular weight is 306 g/mol. The standard InChI is InChI=1S/C17H26N2O3/c1-14-5-3-6-16(13-14)22-15(2)17(20)18-7-4-8-19-9-11-21-12-10-19/h3,5-6,13,15H,4,7-12H2,1-2H3,(H,18,20). The molecule has 1 amide bonds. The summed E-state index contributed by atoms with van der Waals surface area (Å²) in [5, 5.41) is 2.94. The molecule has 5 nitrogen and oxygen atoms in total. The Balaban J connectivity index is 1.63. The maximum Gasteiger partial charge on any atom is 0.260 e. The van der Waals surface area contributed by atoms with Gasteiger partial charge in [-0.15, -0.1) is 0 Å². The molecular formula is C17H26N2O3. The molecule has 0 aromatic heterocycles. The van der Waals surface area contributed by atoms with Gasteiger partial charge in [-0.2, -0.15) is 0 Å². The van der Waals surface area contributed by atoms with E-state index < -0.39 is 6.10 Å². The maximum absolute atomic E-state index is 12.0. The van der Waals surface area contributed by atoms with Crippen molar-refractivity contribution < 1.29 is 14.3 Å². The van der Waals surface area contributed by atoms with Crippen molar-refractivity contribution in [3.63, 3.8) is 0 Å². The van der Waals surface area contributed by atoms with E-state index in [1.165, 1.54) is 0 Å². The van der Waals surface area contributed by atoms with Crippen LogP contribution in [0.5, 0.6) is 5.75 Å². The summed E-state index contributed by atoms with van der Waals surface area (Å²) in [7, 11) is 0. The van der Waals surface area contributed by atoms with E-state index in [4.69, 9.17) is 9.47 Å². The molecule has 1 atom stereocenters. The van der Waals surface area contributed by atoms with E-state index in [0.29, 0.717) is 6.54 Å². The Hall–Kier alpha value is -1.59. The smallest absolute Gasteiger partial charge is 0.260 e.